The Balaban J connectivity index is 2.03. The van der Waals surface area contributed by atoms with Crippen molar-refractivity contribution in [1.29, 1.82) is 0 Å². The van der Waals surface area contributed by atoms with E-state index in [-0.39, 0.29) is 5.54 Å². The number of nitrogens with zero attached hydrogens (tertiary/aromatic N) is 2. The van der Waals surface area contributed by atoms with Crippen molar-refractivity contribution in [2.45, 2.75) is 65.0 Å². The van der Waals surface area contributed by atoms with Gasteiger partial charge in [0, 0.05) is 43.8 Å². The summed E-state index contributed by atoms with van der Waals surface area (Å²) in [4.78, 5) is 5.34. The van der Waals surface area contributed by atoms with Crippen molar-refractivity contribution in [3.8, 4) is 0 Å². The molecule has 0 spiro atoms. The summed E-state index contributed by atoms with van der Waals surface area (Å²) in [6, 6.07) is 0. The van der Waals surface area contributed by atoms with Crippen LogP contribution < -0.4 is 5.73 Å². The van der Waals surface area contributed by atoms with Crippen LogP contribution in [0, 0.1) is 11.8 Å². The predicted octanol–water partition coefficient (Wildman–Crippen LogP) is 2.56. The number of rotatable bonds is 2. The third kappa shape index (κ3) is 3.05. The van der Waals surface area contributed by atoms with Crippen LogP contribution in [-0.4, -0.2) is 53.6 Å². The minimum Gasteiger partial charge on any atom is -0.329 e. The Labute approximate surface area is 125 Å². The molecule has 2 aliphatic rings. The first-order chi connectivity index (χ1) is 9.29. The highest BCUT2D eigenvalue weighted by Gasteiger charge is 2.44. The molecule has 1 saturated carbocycles. The normalized spacial score (nSPS) is 38.1. The molecule has 0 bridgehead atoms. The maximum Gasteiger partial charge on any atom is 0.0358 e. The Morgan fingerprint density at radius 2 is 1.70 bits per heavy atom. The largest absolute Gasteiger partial charge is 0.329 e. The topological polar surface area (TPSA) is 32.5 Å². The van der Waals surface area contributed by atoms with Gasteiger partial charge in [0.25, 0.3) is 0 Å². The molecule has 1 aliphatic carbocycles. The summed E-state index contributed by atoms with van der Waals surface area (Å²) in [5, 5.41) is 0. The maximum absolute atomic E-state index is 6.27. The van der Waals surface area contributed by atoms with Gasteiger partial charge in [0.1, 0.15) is 0 Å². The second kappa shape index (κ2) is 5.94. The molecular weight excluding hydrogens is 246 g/mol. The van der Waals surface area contributed by atoms with Crippen LogP contribution in [0.15, 0.2) is 0 Å². The molecule has 2 rings (SSSR count). The molecule has 0 radical (unpaired) electrons. The summed E-state index contributed by atoms with van der Waals surface area (Å²) >= 11 is 0. The Morgan fingerprint density at radius 3 is 2.15 bits per heavy atom. The summed E-state index contributed by atoms with van der Waals surface area (Å²) < 4.78 is 0. The fraction of sp³-hybridized carbons (Fsp3) is 1.00. The molecule has 2 N–H and O–H groups in total. The molecule has 0 aromatic heterocycles. The molecule has 0 aromatic rings. The zero-order valence-corrected chi connectivity index (χ0v) is 14.3. The third-order valence-corrected chi connectivity index (χ3v) is 5.95. The second-order valence-corrected chi connectivity index (χ2v) is 8.23. The minimum atomic E-state index is 0.274. The van der Waals surface area contributed by atoms with Crippen molar-refractivity contribution in [3.63, 3.8) is 0 Å². The van der Waals surface area contributed by atoms with E-state index in [0.717, 1.165) is 18.4 Å². The summed E-state index contributed by atoms with van der Waals surface area (Å²) in [5.74, 6) is 1.61. The van der Waals surface area contributed by atoms with Gasteiger partial charge in [-0.25, -0.2) is 0 Å². The molecule has 1 saturated heterocycles. The lowest BCUT2D eigenvalue weighted by molar-refractivity contribution is -0.0440. The quantitative estimate of drug-likeness (QED) is 0.844. The zero-order chi connectivity index (χ0) is 15.0. The van der Waals surface area contributed by atoms with E-state index in [9.17, 15) is 0 Å². The molecule has 1 aliphatic heterocycles. The highest BCUT2D eigenvalue weighted by atomic mass is 15.3. The lowest BCUT2D eigenvalue weighted by Gasteiger charge is -2.55. The lowest BCUT2D eigenvalue weighted by Crippen LogP contribution is -2.65. The SMILES string of the molecule is CC1CCC(CN)(N2CCN(C(C)(C)C)CC2)C(C)C1. The van der Waals surface area contributed by atoms with Crippen LogP contribution >= 0.6 is 0 Å². The third-order valence-electron chi connectivity index (χ3n) is 5.95. The van der Waals surface area contributed by atoms with Gasteiger partial charge in [-0.2, -0.15) is 0 Å². The summed E-state index contributed by atoms with van der Waals surface area (Å²) in [6.07, 6.45) is 3.99. The van der Waals surface area contributed by atoms with Gasteiger partial charge in [-0.15, -0.1) is 0 Å². The van der Waals surface area contributed by atoms with E-state index in [2.05, 4.69) is 44.4 Å². The fourth-order valence-corrected chi connectivity index (χ4v) is 4.41. The number of piperazine rings is 1. The van der Waals surface area contributed by atoms with Crippen LogP contribution in [0.25, 0.3) is 0 Å². The van der Waals surface area contributed by atoms with Gasteiger partial charge in [0.15, 0.2) is 0 Å². The van der Waals surface area contributed by atoms with E-state index in [1.807, 2.05) is 0 Å². The van der Waals surface area contributed by atoms with Gasteiger partial charge in [-0.1, -0.05) is 13.8 Å². The molecular formula is C17H35N3. The van der Waals surface area contributed by atoms with E-state index >= 15 is 0 Å². The van der Waals surface area contributed by atoms with E-state index in [1.54, 1.807) is 0 Å². The Morgan fingerprint density at radius 1 is 1.10 bits per heavy atom. The molecule has 3 heteroatoms. The average Bonchev–Trinajstić information content (AvgIpc) is 2.39. The maximum atomic E-state index is 6.27. The van der Waals surface area contributed by atoms with E-state index in [0.29, 0.717) is 5.54 Å². The summed E-state index contributed by atoms with van der Waals surface area (Å²) in [5.41, 5.74) is 6.84. The highest BCUT2D eigenvalue weighted by Crippen LogP contribution is 2.40. The van der Waals surface area contributed by atoms with Crippen LogP contribution in [0.3, 0.4) is 0 Å². The standard InChI is InChI=1S/C17H35N3/c1-14-6-7-17(13-18,15(2)12-14)20-10-8-19(9-11-20)16(3,4)5/h14-15H,6-13,18H2,1-5H3. The number of nitrogens with two attached hydrogens (primary N) is 1. The van der Waals surface area contributed by atoms with Crippen molar-refractivity contribution in [1.82, 2.24) is 9.80 Å². The molecule has 2 fully saturated rings. The van der Waals surface area contributed by atoms with Gasteiger partial charge in [0.05, 0.1) is 0 Å². The van der Waals surface area contributed by atoms with Gasteiger partial charge >= 0.3 is 0 Å². The Kier molecular flexibility index (Phi) is 4.83. The van der Waals surface area contributed by atoms with Crippen molar-refractivity contribution < 1.29 is 0 Å². The molecule has 3 atom stereocenters. The van der Waals surface area contributed by atoms with Crippen molar-refractivity contribution in [3.05, 3.63) is 0 Å². The van der Waals surface area contributed by atoms with Gasteiger partial charge in [-0.05, 0) is 51.9 Å². The van der Waals surface area contributed by atoms with Crippen LogP contribution in [0.5, 0.6) is 0 Å². The summed E-state index contributed by atoms with van der Waals surface area (Å²) in [7, 11) is 0. The number of hydrogen-bond acceptors (Lipinski definition) is 3. The van der Waals surface area contributed by atoms with Gasteiger partial charge in [0.2, 0.25) is 0 Å². The first-order valence-corrected chi connectivity index (χ1v) is 8.50. The van der Waals surface area contributed by atoms with Crippen LogP contribution in [0.2, 0.25) is 0 Å². The van der Waals surface area contributed by atoms with Crippen LogP contribution in [0.4, 0.5) is 0 Å². The predicted molar refractivity (Wildman–Crippen MR) is 86.9 cm³/mol. The molecule has 118 valence electrons. The van der Waals surface area contributed by atoms with Crippen molar-refractivity contribution in [2.24, 2.45) is 17.6 Å². The molecule has 3 nitrogen and oxygen atoms in total. The summed E-state index contributed by atoms with van der Waals surface area (Å²) in [6.45, 7) is 17.4. The van der Waals surface area contributed by atoms with Crippen molar-refractivity contribution in [2.75, 3.05) is 32.7 Å². The smallest absolute Gasteiger partial charge is 0.0358 e. The number of hydrogen-bond donors (Lipinski definition) is 1. The van der Waals surface area contributed by atoms with E-state index in [1.165, 1.54) is 45.4 Å². The zero-order valence-electron chi connectivity index (χ0n) is 14.3. The first-order valence-electron chi connectivity index (χ1n) is 8.50. The lowest BCUT2D eigenvalue weighted by atomic mass is 9.68. The van der Waals surface area contributed by atoms with Gasteiger partial charge in [-0.3, -0.25) is 9.80 Å². The monoisotopic (exact) mass is 281 g/mol. The second-order valence-electron chi connectivity index (χ2n) is 8.23. The molecule has 0 aromatic carbocycles. The molecule has 0 amide bonds. The van der Waals surface area contributed by atoms with Crippen LogP contribution in [0.1, 0.15) is 53.9 Å². The van der Waals surface area contributed by atoms with Crippen LogP contribution in [-0.2, 0) is 0 Å². The molecule has 1 heterocycles. The van der Waals surface area contributed by atoms with E-state index < -0.39 is 0 Å². The first kappa shape index (κ1) is 16.3. The average molecular weight is 281 g/mol. The fourth-order valence-electron chi connectivity index (χ4n) is 4.41. The van der Waals surface area contributed by atoms with Gasteiger partial charge < -0.3 is 5.73 Å². The Hall–Kier alpha value is -0.120. The highest BCUT2D eigenvalue weighted by molar-refractivity contribution is 5.01. The Bertz CT molecular complexity index is 315. The van der Waals surface area contributed by atoms with Crippen molar-refractivity contribution >= 4 is 0 Å². The molecule has 3 unspecified atom stereocenters. The van der Waals surface area contributed by atoms with E-state index in [4.69, 9.17) is 5.73 Å². The molecule has 20 heavy (non-hydrogen) atoms. The minimum absolute atomic E-state index is 0.274.